The van der Waals surface area contributed by atoms with Crippen LogP contribution in [0.2, 0.25) is 0 Å². The normalized spacial score (nSPS) is 27.2. The van der Waals surface area contributed by atoms with Crippen molar-refractivity contribution in [1.29, 1.82) is 0 Å². The fraction of sp³-hybridized carbons (Fsp3) is 0.564. The van der Waals surface area contributed by atoms with Gasteiger partial charge in [-0.05, 0) is 76.3 Å². The van der Waals surface area contributed by atoms with Gasteiger partial charge in [-0.15, -0.1) is 0 Å². The number of carbonyl (C=O) groups is 4. The molecule has 13 nitrogen and oxygen atoms in total. The number of fused-ring (bicyclic) bond motifs is 5. The molecule has 4 fully saturated rings. The first kappa shape index (κ1) is 36.9. The van der Waals surface area contributed by atoms with E-state index >= 15 is 0 Å². The van der Waals surface area contributed by atoms with E-state index in [2.05, 4.69) is 10.0 Å². The van der Waals surface area contributed by atoms with Gasteiger partial charge in [-0.25, -0.2) is 18.2 Å². The fourth-order valence-corrected chi connectivity index (χ4v) is 9.71. The van der Waals surface area contributed by atoms with Crippen molar-refractivity contribution in [3.05, 3.63) is 48.5 Å². The number of nitrogens with one attached hydrogen (secondary N) is 2. The van der Waals surface area contributed by atoms with Gasteiger partial charge < -0.3 is 20.1 Å². The second-order valence-corrected chi connectivity index (χ2v) is 18.1. The molecule has 2 aliphatic carbocycles. The van der Waals surface area contributed by atoms with Crippen LogP contribution in [0.5, 0.6) is 5.88 Å². The number of para-hydroxylation sites is 1. The Morgan fingerprint density at radius 3 is 2.26 bits per heavy atom. The molecule has 2 aromatic carbocycles. The molecule has 0 radical (unpaired) electrons. The molecule has 7 rings (SSSR count). The van der Waals surface area contributed by atoms with Crippen LogP contribution in [-0.4, -0.2) is 93.2 Å². The Hall–Kier alpha value is -4.46. The smallest absolute Gasteiger partial charge is 0.408 e. The molecule has 1 aromatic heterocycles. The van der Waals surface area contributed by atoms with Crippen molar-refractivity contribution in [2.24, 2.45) is 5.92 Å². The molecule has 4 amide bonds. The Bertz CT molecular complexity index is 2050. The van der Waals surface area contributed by atoms with Crippen LogP contribution in [0.1, 0.15) is 91.4 Å². The minimum absolute atomic E-state index is 0.0213. The Balaban J connectivity index is 1.25. The highest BCUT2D eigenvalue weighted by atomic mass is 32.2. The molecule has 3 N–H and O–H groups in total. The number of nitrogens with zero attached hydrogens (tertiary/aromatic N) is 3. The summed E-state index contributed by atoms with van der Waals surface area (Å²) in [6.07, 6.45) is 4.18. The van der Waals surface area contributed by atoms with E-state index in [1.54, 1.807) is 20.8 Å². The molecule has 5 atom stereocenters. The summed E-state index contributed by atoms with van der Waals surface area (Å²) in [4.78, 5) is 63.2. The third kappa shape index (κ3) is 7.39. The molecular formula is C39H49N5O8S. The first-order valence-corrected chi connectivity index (χ1v) is 20.4. The van der Waals surface area contributed by atoms with Crippen LogP contribution in [-0.2, 0) is 24.4 Å². The lowest BCUT2D eigenvalue weighted by molar-refractivity contribution is -0.144. The zero-order valence-electron chi connectivity index (χ0n) is 30.5. The van der Waals surface area contributed by atoms with E-state index in [-0.39, 0.29) is 31.7 Å². The number of carboxylic acid groups (broad SMARTS) is 1. The summed E-state index contributed by atoms with van der Waals surface area (Å²) >= 11 is 0. The Morgan fingerprint density at radius 1 is 0.943 bits per heavy atom. The summed E-state index contributed by atoms with van der Waals surface area (Å²) in [6, 6.07) is 13.2. The lowest BCUT2D eigenvalue weighted by Gasteiger charge is -2.41. The number of pyridine rings is 1. The van der Waals surface area contributed by atoms with Crippen LogP contribution < -0.4 is 14.8 Å². The predicted molar refractivity (Wildman–Crippen MR) is 199 cm³/mol. The van der Waals surface area contributed by atoms with E-state index in [0.29, 0.717) is 31.6 Å². The average molecular weight is 748 g/mol. The Morgan fingerprint density at radius 2 is 1.58 bits per heavy atom. The minimum Gasteiger partial charge on any atom is -0.472 e. The molecule has 0 spiro atoms. The molecule has 3 heterocycles. The summed E-state index contributed by atoms with van der Waals surface area (Å²) in [6.45, 7) is 5.20. The summed E-state index contributed by atoms with van der Waals surface area (Å²) in [7, 11) is -3.88. The zero-order valence-corrected chi connectivity index (χ0v) is 31.4. The van der Waals surface area contributed by atoms with Gasteiger partial charge in [-0.3, -0.25) is 24.0 Å². The topological polar surface area (TPSA) is 175 Å². The number of carbonyl (C=O) groups excluding carboxylic acids is 3. The molecule has 0 unspecified atom stereocenters. The number of benzene rings is 2. The van der Waals surface area contributed by atoms with Crippen molar-refractivity contribution < 1.29 is 37.4 Å². The summed E-state index contributed by atoms with van der Waals surface area (Å²) in [5, 5.41) is 15.4. The first-order valence-electron chi connectivity index (χ1n) is 18.8. The fourth-order valence-electron chi connectivity index (χ4n) is 8.35. The van der Waals surface area contributed by atoms with E-state index < -0.39 is 68.4 Å². The molecule has 4 aliphatic rings. The molecule has 2 aliphatic heterocycles. The number of hydrogen-bond donors (Lipinski definition) is 3. The number of amides is 4. The van der Waals surface area contributed by atoms with Crippen molar-refractivity contribution in [3.8, 4) is 5.88 Å². The maximum Gasteiger partial charge on any atom is 0.408 e. The van der Waals surface area contributed by atoms with Crippen molar-refractivity contribution in [2.75, 3.05) is 6.54 Å². The minimum atomic E-state index is -3.88. The van der Waals surface area contributed by atoms with E-state index in [9.17, 15) is 32.7 Å². The van der Waals surface area contributed by atoms with Crippen molar-refractivity contribution in [3.63, 3.8) is 0 Å². The molecule has 2 saturated carbocycles. The van der Waals surface area contributed by atoms with E-state index in [4.69, 9.17) is 9.72 Å². The van der Waals surface area contributed by atoms with Crippen LogP contribution in [0, 0.1) is 5.92 Å². The van der Waals surface area contributed by atoms with Gasteiger partial charge >= 0.3 is 6.09 Å². The van der Waals surface area contributed by atoms with E-state index in [1.807, 2.05) is 48.5 Å². The lowest BCUT2D eigenvalue weighted by Crippen LogP contribution is -2.60. The molecule has 14 heteroatoms. The highest BCUT2D eigenvalue weighted by Crippen LogP contribution is 2.48. The first-order chi connectivity index (χ1) is 25.2. The number of hydrogen-bond acceptors (Lipinski definition) is 8. The third-order valence-electron chi connectivity index (χ3n) is 11.3. The van der Waals surface area contributed by atoms with Gasteiger partial charge in [-0.1, -0.05) is 68.5 Å². The molecular weight excluding hydrogens is 699 g/mol. The SMILES string of the molecule is CC(C)(C)N(C(=O)O)[C@H]1CCCCCCC[C@@H]2C[C@@]2(C(=O)NS(=O)(=O)C2CC2)NC(=O)[C@@H]2C[C@@H](Oc3nc4ccccc4c4ccccc34)CN2C1=O. The number of sulfonamides is 1. The second kappa shape index (κ2) is 14.1. The van der Waals surface area contributed by atoms with E-state index in [1.165, 1.54) is 9.80 Å². The maximum atomic E-state index is 14.8. The van der Waals surface area contributed by atoms with E-state index in [0.717, 1.165) is 47.4 Å². The van der Waals surface area contributed by atoms with Gasteiger partial charge in [0.1, 0.15) is 23.7 Å². The highest BCUT2D eigenvalue weighted by Gasteiger charge is 2.62. The standard InChI is InChI=1S/C39H49N5O8S/c1-38(2,3)44(37(48)49)31-18-8-6-4-5-7-13-24-22-39(24,36(47)42-53(50,51)26-19-20-26)41-33(45)32-21-25(23-43(32)35(31)46)52-34-29-16-10-9-14-27(29)28-15-11-12-17-30(28)40-34/h9-12,14-17,24-26,31-32H,4-8,13,18-23H2,1-3H3,(H,41,45)(H,42,47)(H,48,49)/t24-,25-,31+,32+,39-/m1/s1. The van der Waals surface area contributed by atoms with Gasteiger partial charge in [0.05, 0.1) is 17.3 Å². The Labute approximate surface area is 309 Å². The van der Waals surface area contributed by atoms with Gasteiger partial charge in [0.15, 0.2) is 0 Å². The second-order valence-electron chi connectivity index (χ2n) is 16.2. The summed E-state index contributed by atoms with van der Waals surface area (Å²) < 4.78 is 34.6. The number of aromatic nitrogens is 1. The Kier molecular flexibility index (Phi) is 9.79. The zero-order chi connectivity index (χ0) is 37.7. The van der Waals surface area contributed by atoms with Gasteiger partial charge in [0.25, 0.3) is 5.91 Å². The maximum absolute atomic E-state index is 14.8. The predicted octanol–water partition coefficient (Wildman–Crippen LogP) is 5.11. The highest BCUT2D eigenvalue weighted by molar-refractivity contribution is 7.91. The average Bonchev–Trinajstić information content (AvgIpc) is 4.03. The van der Waals surface area contributed by atoms with Crippen LogP contribution in [0.15, 0.2) is 48.5 Å². The summed E-state index contributed by atoms with van der Waals surface area (Å²) in [5.41, 5.74) is -1.63. The largest absolute Gasteiger partial charge is 0.472 e. The van der Waals surface area contributed by atoms with Crippen molar-refractivity contribution in [1.82, 2.24) is 24.8 Å². The quantitative estimate of drug-likeness (QED) is 0.290. The van der Waals surface area contributed by atoms with Gasteiger partial charge in [0.2, 0.25) is 27.7 Å². The molecule has 2 saturated heterocycles. The van der Waals surface area contributed by atoms with Gasteiger partial charge in [-0.2, -0.15) is 0 Å². The van der Waals surface area contributed by atoms with Crippen molar-refractivity contribution in [2.45, 2.75) is 126 Å². The van der Waals surface area contributed by atoms with Crippen LogP contribution in [0.25, 0.3) is 21.7 Å². The lowest BCUT2D eigenvalue weighted by atomic mass is 9.97. The van der Waals surface area contributed by atoms with Gasteiger partial charge in [0, 0.05) is 22.7 Å². The third-order valence-corrected chi connectivity index (χ3v) is 13.1. The van der Waals surface area contributed by atoms with Crippen LogP contribution >= 0.6 is 0 Å². The monoisotopic (exact) mass is 747 g/mol. The molecule has 53 heavy (non-hydrogen) atoms. The van der Waals surface area contributed by atoms with Crippen molar-refractivity contribution >= 4 is 55.5 Å². The molecule has 284 valence electrons. The number of rotatable bonds is 6. The van der Waals surface area contributed by atoms with Crippen LogP contribution in [0.3, 0.4) is 0 Å². The summed E-state index contributed by atoms with van der Waals surface area (Å²) in [5.74, 6) is -1.77. The molecule has 3 aromatic rings. The van der Waals surface area contributed by atoms with Crippen LogP contribution in [0.4, 0.5) is 4.79 Å². The number of ether oxygens (including phenoxy) is 1. The molecule has 0 bridgehead atoms.